The maximum Gasteiger partial charge on any atom is 0.252 e. The molecule has 1 aliphatic heterocycles. The lowest BCUT2D eigenvalue weighted by Crippen LogP contribution is -2.40. The van der Waals surface area contributed by atoms with E-state index in [4.69, 9.17) is 4.74 Å². The summed E-state index contributed by atoms with van der Waals surface area (Å²) in [6.45, 7) is 3.32. The molecular formula is C15H18N4O2. The Morgan fingerprint density at radius 1 is 1.52 bits per heavy atom. The Morgan fingerprint density at radius 2 is 2.43 bits per heavy atom. The van der Waals surface area contributed by atoms with Crippen LogP contribution in [0.15, 0.2) is 37.1 Å². The van der Waals surface area contributed by atoms with Gasteiger partial charge in [-0.25, -0.2) is 9.97 Å². The molecular weight excluding hydrogens is 268 g/mol. The first-order valence-electron chi connectivity index (χ1n) is 7.03. The number of nitrogens with zero attached hydrogens (tertiary/aromatic N) is 3. The van der Waals surface area contributed by atoms with Crippen LogP contribution in [0.25, 0.3) is 5.82 Å². The maximum absolute atomic E-state index is 12.1. The van der Waals surface area contributed by atoms with E-state index in [1.807, 2.05) is 6.92 Å². The van der Waals surface area contributed by atoms with Gasteiger partial charge in [0.05, 0.1) is 11.2 Å². The molecule has 3 rings (SSSR count). The SMILES string of the molecule is CC1(CNC(=O)c2ccc(-n3ccnc3)nc2)CCCO1. The highest BCUT2D eigenvalue weighted by molar-refractivity contribution is 5.93. The lowest BCUT2D eigenvalue weighted by atomic mass is 10.0. The second-order valence-corrected chi connectivity index (χ2v) is 5.46. The van der Waals surface area contributed by atoms with Crippen molar-refractivity contribution in [3.63, 3.8) is 0 Å². The molecule has 0 spiro atoms. The Balaban J connectivity index is 1.62. The van der Waals surface area contributed by atoms with Gasteiger partial charge < -0.3 is 10.1 Å². The van der Waals surface area contributed by atoms with E-state index in [1.54, 1.807) is 41.6 Å². The van der Waals surface area contributed by atoms with Gasteiger partial charge >= 0.3 is 0 Å². The number of nitrogens with one attached hydrogen (secondary N) is 1. The van der Waals surface area contributed by atoms with Gasteiger partial charge in [-0.2, -0.15) is 0 Å². The highest BCUT2D eigenvalue weighted by atomic mass is 16.5. The third-order valence-corrected chi connectivity index (χ3v) is 3.70. The third-order valence-electron chi connectivity index (χ3n) is 3.70. The lowest BCUT2D eigenvalue weighted by molar-refractivity contribution is 0.0206. The highest BCUT2D eigenvalue weighted by Gasteiger charge is 2.30. The number of amides is 1. The van der Waals surface area contributed by atoms with Crippen molar-refractivity contribution in [1.29, 1.82) is 0 Å². The number of hydrogen-bond acceptors (Lipinski definition) is 4. The van der Waals surface area contributed by atoms with E-state index in [1.165, 1.54) is 0 Å². The summed E-state index contributed by atoms with van der Waals surface area (Å²) in [5, 5.41) is 2.91. The first kappa shape index (κ1) is 13.8. The van der Waals surface area contributed by atoms with Crippen molar-refractivity contribution in [2.24, 2.45) is 0 Å². The molecule has 1 saturated heterocycles. The highest BCUT2D eigenvalue weighted by Crippen LogP contribution is 2.23. The number of hydrogen-bond donors (Lipinski definition) is 1. The summed E-state index contributed by atoms with van der Waals surface area (Å²) in [5.74, 6) is 0.603. The van der Waals surface area contributed by atoms with Crippen LogP contribution in [0.5, 0.6) is 0 Å². The molecule has 0 bridgehead atoms. The number of carbonyl (C=O) groups is 1. The van der Waals surface area contributed by atoms with E-state index >= 15 is 0 Å². The summed E-state index contributed by atoms with van der Waals surface area (Å²) in [5.41, 5.74) is 0.306. The summed E-state index contributed by atoms with van der Waals surface area (Å²) >= 11 is 0. The molecule has 2 aromatic heterocycles. The van der Waals surface area contributed by atoms with Gasteiger partial charge in [0.2, 0.25) is 0 Å². The van der Waals surface area contributed by atoms with Crippen molar-refractivity contribution in [1.82, 2.24) is 19.9 Å². The first-order valence-corrected chi connectivity index (χ1v) is 7.03. The normalized spacial score (nSPS) is 21.4. The predicted octanol–water partition coefficient (Wildman–Crippen LogP) is 1.57. The molecule has 0 saturated carbocycles. The average Bonchev–Trinajstić information content (AvgIpc) is 3.17. The minimum Gasteiger partial charge on any atom is -0.373 e. The van der Waals surface area contributed by atoms with Crippen LogP contribution in [0.4, 0.5) is 0 Å². The number of ether oxygens (including phenoxy) is 1. The van der Waals surface area contributed by atoms with Gasteiger partial charge in [0.25, 0.3) is 5.91 Å². The topological polar surface area (TPSA) is 69.0 Å². The Kier molecular flexibility index (Phi) is 3.70. The molecule has 1 amide bonds. The minimum atomic E-state index is -0.236. The molecule has 0 aromatic carbocycles. The van der Waals surface area contributed by atoms with Gasteiger partial charge in [0.1, 0.15) is 12.1 Å². The molecule has 6 heteroatoms. The van der Waals surface area contributed by atoms with E-state index in [9.17, 15) is 4.79 Å². The largest absolute Gasteiger partial charge is 0.373 e. The maximum atomic E-state index is 12.1. The minimum absolute atomic E-state index is 0.128. The van der Waals surface area contributed by atoms with Crippen molar-refractivity contribution in [2.75, 3.05) is 13.2 Å². The van der Waals surface area contributed by atoms with Gasteiger partial charge in [-0.15, -0.1) is 0 Å². The molecule has 6 nitrogen and oxygen atoms in total. The monoisotopic (exact) mass is 286 g/mol. The zero-order valence-corrected chi connectivity index (χ0v) is 12.0. The second-order valence-electron chi connectivity index (χ2n) is 5.46. The molecule has 21 heavy (non-hydrogen) atoms. The molecule has 1 fully saturated rings. The summed E-state index contributed by atoms with van der Waals surface area (Å²) in [6, 6.07) is 3.56. The van der Waals surface area contributed by atoms with Gasteiger partial charge in [-0.3, -0.25) is 9.36 Å². The third kappa shape index (κ3) is 3.11. The standard InChI is InChI=1S/C15H18N4O2/c1-15(5-2-8-21-15)10-18-14(20)12-3-4-13(17-9-12)19-7-6-16-11-19/h3-4,6-7,9,11H,2,5,8,10H2,1H3,(H,18,20). The fourth-order valence-corrected chi connectivity index (χ4v) is 2.41. The Labute approximate surface area is 123 Å². The summed E-state index contributed by atoms with van der Waals surface area (Å²) in [7, 11) is 0. The van der Waals surface area contributed by atoms with Gasteiger partial charge in [-0.05, 0) is 31.9 Å². The van der Waals surface area contributed by atoms with E-state index in [0.717, 1.165) is 25.3 Å². The number of rotatable bonds is 4. The predicted molar refractivity (Wildman–Crippen MR) is 77.3 cm³/mol. The molecule has 110 valence electrons. The number of imidazole rings is 1. The van der Waals surface area contributed by atoms with Crippen LogP contribution in [0.3, 0.4) is 0 Å². The number of pyridine rings is 1. The zero-order valence-electron chi connectivity index (χ0n) is 12.0. The molecule has 1 unspecified atom stereocenters. The van der Waals surface area contributed by atoms with E-state index in [0.29, 0.717) is 12.1 Å². The molecule has 0 aliphatic carbocycles. The molecule has 1 atom stereocenters. The van der Waals surface area contributed by atoms with E-state index < -0.39 is 0 Å². The molecule has 0 radical (unpaired) electrons. The quantitative estimate of drug-likeness (QED) is 0.926. The molecule has 2 aromatic rings. The van der Waals surface area contributed by atoms with E-state index in [-0.39, 0.29) is 11.5 Å². The van der Waals surface area contributed by atoms with Crippen molar-refractivity contribution in [3.05, 3.63) is 42.6 Å². The Morgan fingerprint density at radius 3 is 3.05 bits per heavy atom. The van der Waals surface area contributed by atoms with Gasteiger partial charge in [0.15, 0.2) is 0 Å². The second kappa shape index (κ2) is 5.65. The van der Waals surface area contributed by atoms with Crippen LogP contribution >= 0.6 is 0 Å². The summed E-state index contributed by atoms with van der Waals surface area (Å²) in [4.78, 5) is 20.4. The van der Waals surface area contributed by atoms with Crippen LogP contribution < -0.4 is 5.32 Å². The van der Waals surface area contributed by atoms with Crippen molar-refractivity contribution in [2.45, 2.75) is 25.4 Å². The van der Waals surface area contributed by atoms with E-state index in [2.05, 4.69) is 15.3 Å². The molecule has 1 aliphatic rings. The van der Waals surface area contributed by atoms with Gasteiger partial charge in [0, 0.05) is 31.7 Å². The van der Waals surface area contributed by atoms with Gasteiger partial charge in [-0.1, -0.05) is 0 Å². The van der Waals surface area contributed by atoms with Crippen LogP contribution in [-0.2, 0) is 4.74 Å². The Hall–Kier alpha value is -2.21. The van der Waals surface area contributed by atoms with Crippen LogP contribution in [0, 0.1) is 0 Å². The molecule has 1 N–H and O–H groups in total. The molecule has 3 heterocycles. The van der Waals surface area contributed by atoms with Crippen molar-refractivity contribution in [3.8, 4) is 5.82 Å². The number of carbonyl (C=O) groups excluding carboxylic acids is 1. The first-order chi connectivity index (χ1) is 10.2. The van der Waals surface area contributed by atoms with Crippen LogP contribution in [0.2, 0.25) is 0 Å². The van der Waals surface area contributed by atoms with Crippen molar-refractivity contribution < 1.29 is 9.53 Å². The smallest absolute Gasteiger partial charge is 0.252 e. The lowest BCUT2D eigenvalue weighted by Gasteiger charge is -2.23. The van der Waals surface area contributed by atoms with Crippen molar-refractivity contribution >= 4 is 5.91 Å². The zero-order chi connectivity index (χ0) is 14.7. The van der Waals surface area contributed by atoms with Crippen LogP contribution in [-0.4, -0.2) is 39.2 Å². The van der Waals surface area contributed by atoms with Crippen LogP contribution in [0.1, 0.15) is 30.1 Å². The fourth-order valence-electron chi connectivity index (χ4n) is 2.41. The fraction of sp³-hybridized carbons (Fsp3) is 0.400. The Bertz CT molecular complexity index is 601. The average molecular weight is 286 g/mol. The summed E-state index contributed by atoms with van der Waals surface area (Å²) in [6.07, 6.45) is 8.76. The number of aromatic nitrogens is 3. The summed E-state index contributed by atoms with van der Waals surface area (Å²) < 4.78 is 7.44.